The summed E-state index contributed by atoms with van der Waals surface area (Å²) >= 11 is 0. The van der Waals surface area contributed by atoms with Gasteiger partial charge in [0.25, 0.3) is 0 Å². The molecule has 2 N–H and O–H groups in total. The van der Waals surface area contributed by atoms with E-state index in [-0.39, 0.29) is 24.0 Å². The first kappa shape index (κ1) is 33.6. The molecule has 1 spiro atoms. The molecule has 39 heavy (non-hydrogen) atoms. The fourth-order valence-electron chi connectivity index (χ4n) is 3.48. The molecular weight excluding hydrogens is 546 g/mol. The lowest BCUT2D eigenvalue weighted by Crippen LogP contribution is -2.59. The van der Waals surface area contributed by atoms with Gasteiger partial charge >= 0.3 is 24.3 Å². The molecule has 220 valence electrons. The summed E-state index contributed by atoms with van der Waals surface area (Å²) in [5.41, 5.74) is 0.692. The van der Waals surface area contributed by atoms with Gasteiger partial charge in [0.05, 0.1) is 18.7 Å². The Morgan fingerprint density at radius 1 is 1.05 bits per heavy atom. The molecule has 2 aliphatic rings. The third-order valence-corrected chi connectivity index (χ3v) is 5.39. The highest BCUT2D eigenvalue weighted by Crippen LogP contribution is 2.31. The van der Waals surface area contributed by atoms with E-state index in [1.165, 1.54) is 0 Å². The normalized spacial score (nSPS) is 17.1. The van der Waals surface area contributed by atoms with Gasteiger partial charge < -0.3 is 29.6 Å². The molecule has 17 heteroatoms. The average Bonchev–Trinajstić information content (AvgIpc) is 2.82. The van der Waals surface area contributed by atoms with Crippen molar-refractivity contribution < 1.29 is 60.5 Å². The van der Waals surface area contributed by atoms with Crippen LogP contribution in [0.25, 0.3) is 0 Å². The Kier molecular flexibility index (Phi) is 12.1. The molecule has 0 atom stereocenters. The van der Waals surface area contributed by atoms with Crippen molar-refractivity contribution in [3.63, 3.8) is 0 Å². The highest BCUT2D eigenvalue weighted by Gasteiger charge is 2.43. The molecule has 0 aliphatic carbocycles. The van der Waals surface area contributed by atoms with Crippen LogP contribution in [0.3, 0.4) is 0 Å². The number of piperidine rings is 1. The first-order chi connectivity index (χ1) is 17.9. The summed E-state index contributed by atoms with van der Waals surface area (Å²) < 4.78 is 69.4. The average molecular weight is 574 g/mol. The van der Waals surface area contributed by atoms with E-state index in [2.05, 4.69) is 4.98 Å². The fraction of sp³-hybridized carbons (Fsp3) is 0.591. The number of halogens is 6. The smallest absolute Gasteiger partial charge is 0.475 e. The fourth-order valence-corrected chi connectivity index (χ4v) is 3.48. The molecule has 1 aromatic heterocycles. The van der Waals surface area contributed by atoms with E-state index in [0.717, 1.165) is 18.4 Å². The maximum atomic E-state index is 12.2. The van der Waals surface area contributed by atoms with Gasteiger partial charge in [0.15, 0.2) is 0 Å². The molecule has 2 fully saturated rings. The number of aliphatic carboxylic acids is 2. The van der Waals surface area contributed by atoms with Crippen LogP contribution in [0.4, 0.5) is 26.3 Å². The number of carbonyl (C=O) groups excluding carboxylic acids is 2. The van der Waals surface area contributed by atoms with Crippen molar-refractivity contribution in [1.82, 2.24) is 19.7 Å². The third-order valence-electron chi connectivity index (χ3n) is 5.39. The Balaban J connectivity index is 0.000000449. The largest absolute Gasteiger partial charge is 0.490 e. The van der Waals surface area contributed by atoms with Crippen LogP contribution in [0.5, 0.6) is 0 Å². The summed E-state index contributed by atoms with van der Waals surface area (Å²) in [4.78, 5) is 52.0. The summed E-state index contributed by atoms with van der Waals surface area (Å²) in [6.45, 7) is 3.05. The summed E-state index contributed by atoms with van der Waals surface area (Å²) in [7, 11) is 3.80. The lowest BCUT2D eigenvalue weighted by molar-refractivity contribution is -0.193. The number of pyridine rings is 1. The topological polar surface area (TPSA) is 141 Å². The SMILES string of the molecule is CN(C)CC(=O)N1CCC2(CC1)CN(Cc1cccnc1)C(=O)CO2.O=C(O)C(F)(F)F.O=C(O)C(F)(F)F. The van der Waals surface area contributed by atoms with Crippen molar-refractivity contribution in [2.24, 2.45) is 0 Å². The molecule has 1 aromatic rings. The number of morpholine rings is 1. The van der Waals surface area contributed by atoms with Crippen LogP contribution in [-0.2, 0) is 30.5 Å². The zero-order valence-corrected chi connectivity index (χ0v) is 21.0. The highest BCUT2D eigenvalue weighted by molar-refractivity contribution is 5.79. The lowest BCUT2D eigenvalue weighted by atomic mass is 9.89. The summed E-state index contributed by atoms with van der Waals surface area (Å²) in [5.74, 6) is -5.35. The number of likely N-dealkylation sites (tertiary alicyclic amines) is 1. The predicted molar refractivity (Wildman–Crippen MR) is 120 cm³/mol. The van der Waals surface area contributed by atoms with Gasteiger partial charge in [0, 0.05) is 32.0 Å². The summed E-state index contributed by atoms with van der Waals surface area (Å²) in [6.07, 6.45) is -5.11. The second kappa shape index (κ2) is 14.1. The maximum absolute atomic E-state index is 12.2. The Morgan fingerprint density at radius 2 is 1.56 bits per heavy atom. The van der Waals surface area contributed by atoms with E-state index in [0.29, 0.717) is 32.7 Å². The minimum absolute atomic E-state index is 0.0144. The van der Waals surface area contributed by atoms with Gasteiger partial charge in [-0.25, -0.2) is 9.59 Å². The zero-order valence-electron chi connectivity index (χ0n) is 21.0. The van der Waals surface area contributed by atoms with Crippen LogP contribution >= 0.6 is 0 Å². The van der Waals surface area contributed by atoms with Crippen LogP contribution in [0.15, 0.2) is 24.5 Å². The summed E-state index contributed by atoms with van der Waals surface area (Å²) in [6, 6.07) is 3.86. The van der Waals surface area contributed by atoms with E-state index in [4.69, 9.17) is 24.5 Å². The first-order valence-electron chi connectivity index (χ1n) is 11.2. The minimum Gasteiger partial charge on any atom is -0.475 e. The molecule has 0 saturated carbocycles. The molecule has 2 saturated heterocycles. The predicted octanol–water partition coefficient (Wildman–Crippen LogP) is 1.63. The Morgan fingerprint density at radius 3 is 1.97 bits per heavy atom. The second-order valence-electron chi connectivity index (χ2n) is 8.81. The first-order valence-corrected chi connectivity index (χ1v) is 11.2. The van der Waals surface area contributed by atoms with Crippen LogP contribution in [0.2, 0.25) is 0 Å². The highest BCUT2D eigenvalue weighted by atomic mass is 19.4. The molecule has 0 aromatic carbocycles. The van der Waals surface area contributed by atoms with Gasteiger partial charge in [-0.3, -0.25) is 14.6 Å². The van der Waals surface area contributed by atoms with Gasteiger partial charge in [-0.05, 0) is 38.6 Å². The van der Waals surface area contributed by atoms with Crippen molar-refractivity contribution in [3.05, 3.63) is 30.1 Å². The van der Waals surface area contributed by atoms with E-state index in [1.807, 2.05) is 40.9 Å². The minimum atomic E-state index is -5.08. The van der Waals surface area contributed by atoms with Gasteiger partial charge in [-0.1, -0.05) is 6.07 Å². The van der Waals surface area contributed by atoms with E-state index in [1.54, 1.807) is 12.4 Å². The van der Waals surface area contributed by atoms with Crippen LogP contribution < -0.4 is 0 Å². The second-order valence-corrected chi connectivity index (χ2v) is 8.81. The van der Waals surface area contributed by atoms with Crippen molar-refractivity contribution >= 4 is 23.8 Å². The van der Waals surface area contributed by atoms with E-state index < -0.39 is 24.3 Å². The van der Waals surface area contributed by atoms with E-state index >= 15 is 0 Å². The van der Waals surface area contributed by atoms with Gasteiger partial charge in [0.2, 0.25) is 11.8 Å². The number of aromatic nitrogens is 1. The molecule has 3 heterocycles. The lowest BCUT2D eigenvalue weighted by Gasteiger charge is -2.47. The zero-order chi connectivity index (χ0) is 30.0. The van der Waals surface area contributed by atoms with Gasteiger partial charge in [-0.2, -0.15) is 26.3 Å². The number of hydrogen-bond donors (Lipinski definition) is 2. The molecule has 11 nitrogen and oxygen atoms in total. The monoisotopic (exact) mass is 574 g/mol. The molecular formula is C22H28F6N4O7. The van der Waals surface area contributed by atoms with Gasteiger partial charge in [-0.15, -0.1) is 0 Å². The number of carbonyl (C=O) groups is 4. The molecule has 2 aliphatic heterocycles. The van der Waals surface area contributed by atoms with Gasteiger partial charge in [0.1, 0.15) is 6.61 Å². The summed E-state index contributed by atoms with van der Waals surface area (Å²) in [5, 5.41) is 14.2. The van der Waals surface area contributed by atoms with Crippen LogP contribution in [-0.4, -0.2) is 118 Å². The number of carboxylic acid groups (broad SMARTS) is 2. The number of amides is 2. The number of nitrogens with zero attached hydrogens (tertiary/aromatic N) is 4. The third kappa shape index (κ3) is 11.8. The molecule has 0 unspecified atom stereocenters. The number of likely N-dealkylation sites (N-methyl/N-ethyl adjacent to an activating group) is 1. The van der Waals surface area contributed by atoms with Crippen molar-refractivity contribution in [3.8, 4) is 0 Å². The molecule has 2 amide bonds. The Labute approximate surface area is 218 Å². The quantitative estimate of drug-likeness (QED) is 0.514. The standard InChI is InChI=1S/C18H26N4O3.2C2HF3O2/c1-20(2)12-16(23)21-8-5-18(6-9-21)14-22(17(24)13-25-18)11-15-4-3-7-19-10-15;2*3-2(4,5)1(6)7/h3-4,7,10H,5-6,8-9,11-14H2,1-2H3;2*(H,6,7). The molecule has 3 rings (SSSR count). The number of hydrogen-bond acceptors (Lipinski definition) is 7. The number of ether oxygens (including phenoxy) is 1. The van der Waals surface area contributed by atoms with Crippen LogP contribution in [0, 0.1) is 0 Å². The van der Waals surface area contributed by atoms with Crippen molar-refractivity contribution in [2.45, 2.75) is 37.3 Å². The van der Waals surface area contributed by atoms with Crippen molar-refractivity contribution in [2.75, 3.05) is 46.9 Å². The maximum Gasteiger partial charge on any atom is 0.490 e. The number of alkyl halides is 6. The van der Waals surface area contributed by atoms with Crippen LogP contribution in [0.1, 0.15) is 18.4 Å². The Bertz CT molecular complexity index is 957. The van der Waals surface area contributed by atoms with Crippen molar-refractivity contribution in [1.29, 1.82) is 0 Å². The number of rotatable bonds is 4. The Hall–Kier alpha value is -3.47. The molecule has 0 radical (unpaired) electrons. The number of carboxylic acids is 2. The molecule has 0 bridgehead atoms. The van der Waals surface area contributed by atoms with E-state index in [9.17, 15) is 35.9 Å².